The molecule has 1 aromatic carbocycles. The molecule has 30 heavy (non-hydrogen) atoms. The highest BCUT2D eigenvalue weighted by molar-refractivity contribution is 7.99. The predicted molar refractivity (Wildman–Crippen MR) is 121 cm³/mol. The molecule has 0 fully saturated rings. The van der Waals surface area contributed by atoms with Crippen molar-refractivity contribution in [1.82, 2.24) is 15.3 Å². The quantitative estimate of drug-likeness (QED) is 0.614. The molecule has 2 aromatic heterocycles. The summed E-state index contributed by atoms with van der Waals surface area (Å²) in [7, 11) is 0. The van der Waals surface area contributed by atoms with Gasteiger partial charge in [-0.1, -0.05) is 18.2 Å². The first-order valence-electron chi connectivity index (χ1n) is 10.3. The highest BCUT2D eigenvalue weighted by atomic mass is 32.2. The van der Waals surface area contributed by atoms with Crippen molar-refractivity contribution in [3.05, 3.63) is 56.4 Å². The lowest BCUT2D eigenvalue weighted by atomic mass is 9.97. The van der Waals surface area contributed by atoms with Gasteiger partial charge in [-0.3, -0.25) is 9.59 Å². The molecule has 0 saturated heterocycles. The molecule has 1 aliphatic carbocycles. The maximum atomic E-state index is 12.6. The molecule has 2 N–H and O–H groups in total. The molecule has 1 unspecified atom stereocenters. The number of amides is 1. The number of benzene rings is 1. The van der Waals surface area contributed by atoms with Crippen LogP contribution in [-0.2, 0) is 29.8 Å². The van der Waals surface area contributed by atoms with Crippen molar-refractivity contribution in [2.45, 2.75) is 44.0 Å². The van der Waals surface area contributed by atoms with Crippen LogP contribution < -0.4 is 15.6 Å². The number of carbonyl (C=O) groups excluding carboxylic acids is 1. The normalized spacial score (nSPS) is 17.4. The first kappa shape index (κ1) is 19.6. The van der Waals surface area contributed by atoms with Gasteiger partial charge in [-0.25, -0.2) is 4.98 Å². The molecule has 3 heterocycles. The summed E-state index contributed by atoms with van der Waals surface area (Å²) < 4.78 is 5.85. The van der Waals surface area contributed by atoms with Gasteiger partial charge in [-0.05, 0) is 42.9 Å². The van der Waals surface area contributed by atoms with Crippen molar-refractivity contribution in [2.24, 2.45) is 0 Å². The smallest absolute Gasteiger partial charge is 0.259 e. The summed E-state index contributed by atoms with van der Waals surface area (Å²) in [6.07, 6.45) is 5.16. The molecule has 0 spiro atoms. The number of thiophene rings is 1. The molecular weight excluding hydrogens is 418 g/mol. The lowest BCUT2D eigenvalue weighted by Gasteiger charge is -2.11. The molecule has 8 heteroatoms. The number of para-hydroxylation sites is 1. The van der Waals surface area contributed by atoms with Crippen molar-refractivity contribution in [1.29, 1.82) is 0 Å². The second kappa shape index (κ2) is 8.43. The number of carbonyl (C=O) groups is 1. The summed E-state index contributed by atoms with van der Waals surface area (Å²) in [5, 5.41) is 3.72. The minimum atomic E-state index is -0.0441. The van der Waals surface area contributed by atoms with Crippen LogP contribution in [-0.4, -0.2) is 34.3 Å². The minimum Gasteiger partial charge on any atom is -0.488 e. The number of aryl methyl sites for hydroxylation is 2. The van der Waals surface area contributed by atoms with Crippen LogP contribution >= 0.6 is 23.1 Å². The lowest BCUT2D eigenvalue weighted by Crippen LogP contribution is -2.35. The second-order valence-corrected chi connectivity index (χ2v) is 9.82. The third-order valence-corrected chi connectivity index (χ3v) is 7.72. The Kier molecular flexibility index (Phi) is 5.52. The van der Waals surface area contributed by atoms with Gasteiger partial charge >= 0.3 is 0 Å². The highest BCUT2D eigenvalue weighted by Gasteiger charge is 2.23. The highest BCUT2D eigenvalue weighted by Crippen LogP contribution is 2.33. The van der Waals surface area contributed by atoms with Gasteiger partial charge < -0.3 is 15.0 Å². The average molecular weight is 442 g/mol. The Bertz CT molecular complexity index is 1130. The molecule has 5 rings (SSSR count). The largest absolute Gasteiger partial charge is 0.488 e. The summed E-state index contributed by atoms with van der Waals surface area (Å²) >= 11 is 3.11. The van der Waals surface area contributed by atoms with E-state index in [-0.39, 0.29) is 17.6 Å². The molecule has 0 radical (unpaired) electrons. The first-order valence-corrected chi connectivity index (χ1v) is 12.3. The van der Waals surface area contributed by atoms with Gasteiger partial charge in [0.05, 0.1) is 23.4 Å². The minimum absolute atomic E-state index is 0.0124. The van der Waals surface area contributed by atoms with Crippen molar-refractivity contribution in [2.75, 3.05) is 12.3 Å². The van der Waals surface area contributed by atoms with Crippen molar-refractivity contribution in [3.8, 4) is 5.75 Å². The average Bonchev–Trinajstić information content (AvgIpc) is 3.33. The van der Waals surface area contributed by atoms with Crippen LogP contribution in [0.4, 0.5) is 0 Å². The Morgan fingerprint density at radius 2 is 2.17 bits per heavy atom. The molecule has 1 atom stereocenters. The Labute approximate surface area is 182 Å². The zero-order valence-electron chi connectivity index (χ0n) is 16.5. The summed E-state index contributed by atoms with van der Waals surface area (Å²) in [6, 6.07) is 7.97. The molecule has 0 bridgehead atoms. The SMILES string of the molecule is O=C(CSCc1nc2sc3c(c2c(=O)[nH]1)CCCC3)NCC1Cc2ccccc2O1. The number of ether oxygens (including phenoxy) is 1. The Morgan fingerprint density at radius 1 is 1.30 bits per heavy atom. The summed E-state index contributed by atoms with van der Waals surface area (Å²) in [6.45, 7) is 0.496. The van der Waals surface area contributed by atoms with E-state index in [0.29, 0.717) is 23.9 Å². The van der Waals surface area contributed by atoms with Crippen molar-refractivity contribution in [3.63, 3.8) is 0 Å². The molecule has 1 aliphatic heterocycles. The van der Waals surface area contributed by atoms with Crippen molar-refractivity contribution >= 4 is 39.2 Å². The number of hydrogen-bond donors (Lipinski definition) is 2. The fourth-order valence-electron chi connectivity index (χ4n) is 4.16. The molecule has 0 saturated carbocycles. The van der Waals surface area contributed by atoms with Gasteiger partial charge in [-0.15, -0.1) is 23.1 Å². The number of thioether (sulfide) groups is 1. The van der Waals surface area contributed by atoms with Crippen LogP contribution in [0.3, 0.4) is 0 Å². The summed E-state index contributed by atoms with van der Waals surface area (Å²) in [5.41, 5.74) is 2.34. The Morgan fingerprint density at radius 3 is 3.07 bits per heavy atom. The number of nitrogens with zero attached hydrogens (tertiary/aromatic N) is 1. The predicted octanol–water partition coefficient (Wildman–Crippen LogP) is 3.22. The van der Waals surface area contributed by atoms with Crippen LogP contribution in [0.1, 0.15) is 34.7 Å². The fraction of sp³-hybridized carbons (Fsp3) is 0.409. The maximum Gasteiger partial charge on any atom is 0.259 e. The standard InChI is InChI=1S/C22H23N3O3S2/c26-19(23-10-14-9-13-5-1-3-7-16(13)28-14)12-29-11-18-24-21(27)20-15-6-2-4-8-17(15)30-22(20)25-18/h1,3,5,7,14H,2,4,6,8-12H2,(H,23,26)(H,24,25,27). The van der Waals surface area contributed by atoms with Gasteiger partial charge in [0.1, 0.15) is 22.5 Å². The zero-order valence-corrected chi connectivity index (χ0v) is 18.2. The summed E-state index contributed by atoms with van der Waals surface area (Å²) in [4.78, 5) is 34.5. The van der Waals surface area contributed by atoms with Gasteiger partial charge in [0, 0.05) is 11.3 Å². The third-order valence-electron chi connectivity index (χ3n) is 5.59. The van der Waals surface area contributed by atoms with Crippen LogP contribution in [0.2, 0.25) is 0 Å². The van der Waals surface area contributed by atoms with E-state index in [0.717, 1.165) is 41.6 Å². The van der Waals surface area contributed by atoms with Crippen LogP contribution in [0, 0.1) is 0 Å². The van der Waals surface area contributed by atoms with Gasteiger partial charge in [0.2, 0.25) is 5.91 Å². The molecule has 2 aliphatic rings. The van der Waals surface area contributed by atoms with E-state index in [1.165, 1.54) is 34.2 Å². The van der Waals surface area contributed by atoms with Crippen LogP contribution in [0.5, 0.6) is 5.75 Å². The van der Waals surface area contributed by atoms with E-state index in [4.69, 9.17) is 4.74 Å². The van der Waals surface area contributed by atoms with E-state index in [1.54, 1.807) is 11.3 Å². The number of aromatic amines is 1. The first-order chi connectivity index (χ1) is 14.7. The van der Waals surface area contributed by atoms with Crippen molar-refractivity contribution < 1.29 is 9.53 Å². The van der Waals surface area contributed by atoms with Gasteiger partial charge in [-0.2, -0.15) is 0 Å². The van der Waals surface area contributed by atoms with Gasteiger partial charge in [0.15, 0.2) is 0 Å². The second-order valence-electron chi connectivity index (χ2n) is 7.75. The van der Waals surface area contributed by atoms with E-state index in [9.17, 15) is 9.59 Å². The Hall–Kier alpha value is -2.32. The lowest BCUT2D eigenvalue weighted by molar-refractivity contribution is -0.118. The Balaban J connectivity index is 1.13. The van der Waals surface area contributed by atoms with E-state index in [1.807, 2.05) is 18.2 Å². The zero-order chi connectivity index (χ0) is 20.5. The number of fused-ring (bicyclic) bond motifs is 4. The van der Waals surface area contributed by atoms with Crippen LogP contribution in [0.15, 0.2) is 29.1 Å². The third kappa shape index (κ3) is 3.98. The van der Waals surface area contributed by atoms with E-state index < -0.39 is 0 Å². The number of H-pyrrole nitrogens is 1. The number of hydrogen-bond acceptors (Lipinski definition) is 6. The molecule has 1 amide bonds. The molecule has 3 aromatic rings. The topological polar surface area (TPSA) is 84.1 Å². The maximum absolute atomic E-state index is 12.6. The van der Waals surface area contributed by atoms with E-state index >= 15 is 0 Å². The number of rotatable bonds is 6. The summed E-state index contributed by atoms with van der Waals surface area (Å²) in [5.74, 6) is 2.34. The molecule has 156 valence electrons. The number of nitrogens with one attached hydrogen (secondary N) is 2. The molecular formula is C22H23N3O3S2. The van der Waals surface area contributed by atoms with Crippen LogP contribution in [0.25, 0.3) is 10.2 Å². The monoisotopic (exact) mass is 441 g/mol. The van der Waals surface area contributed by atoms with E-state index in [2.05, 4.69) is 21.4 Å². The fourth-order valence-corrected chi connectivity index (χ4v) is 6.16. The van der Waals surface area contributed by atoms with Gasteiger partial charge in [0.25, 0.3) is 5.56 Å². The number of aromatic nitrogens is 2. The molecule has 6 nitrogen and oxygen atoms in total.